The van der Waals surface area contributed by atoms with E-state index in [4.69, 9.17) is 11.5 Å². The second-order valence-corrected chi connectivity index (χ2v) is 18.4. The van der Waals surface area contributed by atoms with E-state index in [1.807, 2.05) is 0 Å². The van der Waals surface area contributed by atoms with E-state index in [2.05, 4.69) is 10.6 Å². The minimum absolute atomic E-state index is 0.109. The second-order valence-electron chi connectivity index (χ2n) is 15.9. The molecule has 0 fully saturated rings. The number of carbonyl (C=O) groups is 4. The number of carbonyl (C=O) groups excluding carboxylic acids is 2. The van der Waals surface area contributed by atoms with Gasteiger partial charge >= 0.3 is 11.9 Å². The van der Waals surface area contributed by atoms with Gasteiger partial charge in [-0.2, -0.15) is 0 Å². The summed E-state index contributed by atoms with van der Waals surface area (Å²) in [6.45, 7) is 1.63. The number of nitrogens with one attached hydrogen (secondary N) is 2. The highest BCUT2D eigenvalue weighted by molar-refractivity contribution is 8.76. The highest BCUT2D eigenvalue weighted by atomic mass is 33.1. The van der Waals surface area contributed by atoms with Crippen molar-refractivity contribution in [1.82, 2.24) is 10.6 Å². The van der Waals surface area contributed by atoms with Gasteiger partial charge in [-0.1, -0.05) is 201 Å². The van der Waals surface area contributed by atoms with E-state index in [0.717, 1.165) is 64.5 Å². The molecule has 330 valence electrons. The molecule has 0 rings (SSSR count). The monoisotopic (exact) mass is 831 g/mol. The summed E-state index contributed by atoms with van der Waals surface area (Å²) in [6.07, 6.45) is 39.8. The van der Waals surface area contributed by atoms with Gasteiger partial charge < -0.3 is 32.3 Å². The number of hydrogen-bond acceptors (Lipinski definition) is 8. The van der Waals surface area contributed by atoms with Crippen LogP contribution in [0.3, 0.4) is 0 Å². The Balaban J connectivity index is 3.83. The topological polar surface area (TPSA) is 185 Å². The van der Waals surface area contributed by atoms with Crippen LogP contribution in [0, 0.1) is 0 Å². The molecule has 0 aliphatic rings. The van der Waals surface area contributed by atoms with Crippen LogP contribution in [0.15, 0.2) is 0 Å². The average molecular weight is 831 g/mol. The summed E-state index contributed by atoms with van der Waals surface area (Å²) in [5.41, 5.74) is 11.1. The fraction of sp³-hybridized carbons (Fsp3) is 0.909. The molecule has 0 aromatic carbocycles. The quantitative estimate of drug-likeness (QED) is 0.0255. The number of aliphatic carboxylic acids is 2. The van der Waals surface area contributed by atoms with Gasteiger partial charge in [0.05, 0.1) is 0 Å². The van der Waals surface area contributed by atoms with Gasteiger partial charge in [0, 0.05) is 24.3 Å². The summed E-state index contributed by atoms with van der Waals surface area (Å²) in [5.74, 6) is -2.54. The molecule has 2 unspecified atom stereocenters. The number of carboxylic acid groups (broad SMARTS) is 2. The third-order valence-corrected chi connectivity index (χ3v) is 13.0. The molecule has 2 amide bonds. The van der Waals surface area contributed by atoms with Crippen molar-refractivity contribution in [2.45, 2.75) is 230 Å². The smallest absolute Gasteiger partial charge is 0.327 e. The Morgan fingerprint density at radius 3 is 0.750 bits per heavy atom. The number of unbranched alkanes of at least 4 members (excludes halogenated alkanes) is 30. The first-order valence-corrected chi connectivity index (χ1v) is 25.5. The van der Waals surface area contributed by atoms with Gasteiger partial charge in [-0.3, -0.25) is 9.59 Å². The molecule has 2 atom stereocenters. The molecular weight excluding hydrogens is 745 g/mol. The van der Waals surface area contributed by atoms with Crippen LogP contribution in [0.1, 0.15) is 218 Å². The molecule has 56 heavy (non-hydrogen) atoms. The van der Waals surface area contributed by atoms with Crippen molar-refractivity contribution in [2.75, 3.05) is 24.6 Å². The fourth-order valence-corrected chi connectivity index (χ4v) is 9.23. The summed E-state index contributed by atoms with van der Waals surface area (Å²) in [6, 6.07) is -2.09. The van der Waals surface area contributed by atoms with Crippen LogP contribution in [-0.2, 0) is 19.2 Å². The lowest BCUT2D eigenvalue weighted by Gasteiger charge is -2.16. The van der Waals surface area contributed by atoms with Crippen LogP contribution < -0.4 is 22.1 Å². The molecular formula is C44H86N4O6S2. The first-order chi connectivity index (χ1) is 27.3. The number of nitrogens with two attached hydrogens (primary N) is 2. The number of hydrogen-bond donors (Lipinski definition) is 6. The lowest BCUT2D eigenvalue weighted by Crippen LogP contribution is -2.43. The molecule has 0 aliphatic heterocycles. The van der Waals surface area contributed by atoms with Crippen molar-refractivity contribution in [1.29, 1.82) is 0 Å². The van der Waals surface area contributed by atoms with Gasteiger partial charge in [0.25, 0.3) is 0 Å². The summed E-state index contributed by atoms with van der Waals surface area (Å²) < 4.78 is 0. The van der Waals surface area contributed by atoms with Crippen molar-refractivity contribution in [3.8, 4) is 0 Å². The molecule has 8 N–H and O–H groups in total. The zero-order valence-corrected chi connectivity index (χ0v) is 37.2. The summed E-state index contributed by atoms with van der Waals surface area (Å²) in [5, 5.41) is 24.4. The van der Waals surface area contributed by atoms with Crippen LogP contribution in [0.25, 0.3) is 0 Å². The molecule has 0 radical (unpaired) electrons. The molecule has 0 saturated heterocycles. The summed E-state index contributed by atoms with van der Waals surface area (Å²) in [4.78, 5) is 48.3. The zero-order chi connectivity index (χ0) is 41.2. The lowest BCUT2D eigenvalue weighted by molar-refractivity contribution is -0.141. The van der Waals surface area contributed by atoms with Gasteiger partial charge in [0.2, 0.25) is 11.8 Å². The highest BCUT2D eigenvalue weighted by Gasteiger charge is 2.23. The maximum Gasteiger partial charge on any atom is 0.327 e. The van der Waals surface area contributed by atoms with Crippen molar-refractivity contribution in [2.24, 2.45) is 11.5 Å². The third-order valence-electron chi connectivity index (χ3n) is 10.5. The SMILES string of the molecule is NCCCCCCCCCCCCCCCCCCC(=O)NC(CSSCC(NC(=O)CCCCCCCCCCCCCCCCCCN)C(=O)O)C(=O)O. The van der Waals surface area contributed by atoms with E-state index in [9.17, 15) is 29.4 Å². The number of amides is 2. The lowest BCUT2D eigenvalue weighted by atomic mass is 10.0. The van der Waals surface area contributed by atoms with Crippen LogP contribution in [0.2, 0.25) is 0 Å². The predicted octanol–water partition coefficient (Wildman–Crippen LogP) is 10.7. The van der Waals surface area contributed by atoms with Gasteiger partial charge in [-0.25, -0.2) is 9.59 Å². The van der Waals surface area contributed by atoms with Gasteiger partial charge in [0.15, 0.2) is 0 Å². The highest BCUT2D eigenvalue weighted by Crippen LogP contribution is 2.24. The van der Waals surface area contributed by atoms with E-state index in [0.29, 0.717) is 12.8 Å². The zero-order valence-electron chi connectivity index (χ0n) is 35.5. The van der Waals surface area contributed by atoms with Crippen LogP contribution in [-0.4, -0.2) is 70.6 Å². The molecule has 0 heterocycles. The van der Waals surface area contributed by atoms with Gasteiger partial charge in [-0.05, 0) is 38.8 Å². The van der Waals surface area contributed by atoms with Crippen molar-refractivity contribution in [3.63, 3.8) is 0 Å². The molecule has 0 aromatic heterocycles. The Hall–Kier alpha value is -1.50. The molecule has 0 aromatic rings. The first-order valence-electron chi connectivity index (χ1n) is 23.0. The van der Waals surface area contributed by atoms with E-state index < -0.39 is 24.0 Å². The Kier molecular flexibility index (Phi) is 41.9. The predicted molar refractivity (Wildman–Crippen MR) is 239 cm³/mol. The standard InChI is InChI=1S/C44H86N4O6S2/c45-35-31-27-23-19-15-11-7-3-1-5-9-13-17-21-25-29-33-41(49)47-39(43(51)52)37-55-56-38-40(44(53)54)48-42(50)34-30-26-22-18-14-10-6-2-4-8-12-16-20-24-28-32-36-46/h39-40H,1-38,45-46H2,(H,47,49)(H,48,50)(H,51,52)(H,53,54). The maximum absolute atomic E-state index is 12.4. The molecule has 0 bridgehead atoms. The second kappa shape index (κ2) is 43.1. The minimum Gasteiger partial charge on any atom is -0.480 e. The molecule has 0 saturated carbocycles. The van der Waals surface area contributed by atoms with Gasteiger partial charge in [-0.15, -0.1) is 0 Å². The average Bonchev–Trinajstić information content (AvgIpc) is 3.17. The summed E-state index contributed by atoms with van der Waals surface area (Å²) >= 11 is 0. The molecule has 0 aliphatic carbocycles. The van der Waals surface area contributed by atoms with Crippen LogP contribution in [0.4, 0.5) is 0 Å². The number of rotatable bonds is 45. The third kappa shape index (κ3) is 39.3. The first kappa shape index (κ1) is 54.5. The summed E-state index contributed by atoms with van der Waals surface area (Å²) in [7, 11) is 2.39. The van der Waals surface area contributed by atoms with E-state index in [1.165, 1.54) is 176 Å². The fourth-order valence-electron chi connectivity index (χ4n) is 6.92. The largest absolute Gasteiger partial charge is 0.480 e. The van der Waals surface area contributed by atoms with Crippen molar-refractivity contribution in [3.05, 3.63) is 0 Å². The normalized spacial score (nSPS) is 12.4. The Labute approximate surface area is 350 Å². The molecule has 10 nitrogen and oxygen atoms in total. The van der Waals surface area contributed by atoms with Crippen molar-refractivity contribution < 1.29 is 29.4 Å². The van der Waals surface area contributed by atoms with Gasteiger partial charge in [0.1, 0.15) is 12.1 Å². The van der Waals surface area contributed by atoms with E-state index >= 15 is 0 Å². The van der Waals surface area contributed by atoms with Crippen LogP contribution >= 0.6 is 21.6 Å². The van der Waals surface area contributed by atoms with E-state index in [1.54, 1.807) is 0 Å². The minimum atomic E-state index is -1.11. The van der Waals surface area contributed by atoms with E-state index in [-0.39, 0.29) is 23.3 Å². The van der Waals surface area contributed by atoms with Crippen molar-refractivity contribution >= 4 is 45.3 Å². The molecule has 0 spiro atoms. The van der Waals surface area contributed by atoms with Crippen LogP contribution in [0.5, 0.6) is 0 Å². The Bertz CT molecular complexity index is 860. The molecule has 12 heteroatoms. The Morgan fingerprint density at radius 2 is 0.554 bits per heavy atom. The number of carboxylic acids is 2. The maximum atomic E-state index is 12.4. The Morgan fingerprint density at radius 1 is 0.357 bits per heavy atom.